The molecule has 2 radical (unpaired) electrons. The average Bonchev–Trinajstić information content (AvgIpc) is 0.722. The minimum absolute atomic E-state index is 0. The van der Waals surface area contributed by atoms with Gasteiger partial charge in [-0.2, -0.15) is 8.42 Å². The Labute approximate surface area is 99.0 Å². The predicted molar refractivity (Wildman–Crippen MR) is 14.2 cm³/mol. The van der Waals surface area contributed by atoms with Gasteiger partial charge in [-0.25, -0.2) is 0 Å². The topological polar surface area (TPSA) is 74.6 Å². The average molecular weight is 319 g/mol. The monoisotopic (exact) mass is 318 g/mol. The van der Waals surface area contributed by atoms with Crippen LogP contribution in [-0.4, -0.2) is 17.5 Å². The third-order valence-corrected chi connectivity index (χ3v) is 0. The first-order valence-corrected chi connectivity index (χ1v) is 2.10. The summed E-state index contributed by atoms with van der Waals surface area (Å²) in [4.78, 5) is 0. The van der Waals surface area contributed by atoms with Crippen molar-refractivity contribution in [1.82, 2.24) is 0 Å². The molecular formula is H2CoMnNiO4STi. The molecule has 0 saturated carbocycles. The van der Waals surface area contributed by atoms with Gasteiger partial charge in [0.25, 0.3) is 0 Å². The fraction of sp³-hybridized carbons (Fsp3) is 0. The Morgan fingerprint density at radius 1 is 1.11 bits per heavy atom. The number of rotatable bonds is 0. The molecule has 0 heterocycles. The molecule has 9 heavy (non-hydrogen) atoms. The van der Waals surface area contributed by atoms with Gasteiger partial charge in [0.05, 0.1) is 0 Å². The maximum Gasteiger partial charge on any atom is 0.394 e. The van der Waals surface area contributed by atoms with Gasteiger partial charge < -0.3 is 0 Å². The third kappa shape index (κ3) is 150. The van der Waals surface area contributed by atoms with Crippen LogP contribution in [0.25, 0.3) is 0 Å². The van der Waals surface area contributed by atoms with E-state index < -0.39 is 10.4 Å². The number of hydrogen-bond acceptors (Lipinski definition) is 2. The zero-order valence-corrected chi connectivity index (χ0v) is 9.23. The van der Waals surface area contributed by atoms with Gasteiger partial charge in [0.15, 0.2) is 0 Å². The quantitative estimate of drug-likeness (QED) is 0.459. The molecule has 62 valence electrons. The second kappa shape index (κ2) is 12.8. The van der Waals surface area contributed by atoms with Crippen molar-refractivity contribution in [3.63, 3.8) is 0 Å². The molecule has 0 bridgehead atoms. The molecule has 0 fully saturated rings. The van der Waals surface area contributed by atoms with E-state index in [1.165, 1.54) is 0 Å². The van der Waals surface area contributed by atoms with E-state index in [9.17, 15) is 0 Å². The summed E-state index contributed by atoms with van der Waals surface area (Å²) in [5.41, 5.74) is 0. The zero-order chi connectivity index (χ0) is 4.50. The largest absolute Gasteiger partial charge is 0.394 e. The van der Waals surface area contributed by atoms with E-state index in [-0.39, 0.29) is 72.1 Å². The fourth-order valence-electron chi connectivity index (χ4n) is 0. The Bertz CT molecular complexity index is 104. The Morgan fingerprint density at radius 3 is 1.11 bits per heavy atom. The van der Waals surface area contributed by atoms with Crippen LogP contribution < -0.4 is 0 Å². The van der Waals surface area contributed by atoms with Gasteiger partial charge in [-0.15, -0.1) is 0 Å². The van der Waals surface area contributed by atoms with Gasteiger partial charge >= 0.3 is 10.4 Å². The smallest absolute Gasteiger partial charge is 0.264 e. The van der Waals surface area contributed by atoms with E-state index in [2.05, 4.69) is 0 Å². The summed E-state index contributed by atoms with van der Waals surface area (Å²) in [5.74, 6) is 0. The summed E-state index contributed by atoms with van der Waals surface area (Å²) >= 11 is 0. The summed E-state index contributed by atoms with van der Waals surface area (Å²) in [6.45, 7) is 0. The second-order valence-corrected chi connectivity index (χ2v) is 1.34. The van der Waals surface area contributed by atoms with Crippen molar-refractivity contribution in [2.45, 2.75) is 0 Å². The van der Waals surface area contributed by atoms with Gasteiger partial charge in [-0.05, 0) is 0 Å². The van der Waals surface area contributed by atoms with E-state index >= 15 is 0 Å². The summed E-state index contributed by atoms with van der Waals surface area (Å²) in [6, 6.07) is 0. The van der Waals surface area contributed by atoms with Crippen molar-refractivity contribution in [3.05, 3.63) is 0 Å². The van der Waals surface area contributed by atoms with E-state index in [1.807, 2.05) is 0 Å². The Kier molecular flexibility index (Phi) is 43.1. The summed E-state index contributed by atoms with van der Waals surface area (Å²) < 4.78 is 31.6. The van der Waals surface area contributed by atoms with Crippen molar-refractivity contribution < 1.29 is 89.6 Å². The van der Waals surface area contributed by atoms with Gasteiger partial charge in [0.2, 0.25) is 0 Å². The maximum absolute atomic E-state index is 8.74. The van der Waals surface area contributed by atoms with Gasteiger partial charge in [-0.3, -0.25) is 9.11 Å². The van der Waals surface area contributed by atoms with Gasteiger partial charge in [0, 0.05) is 72.1 Å². The van der Waals surface area contributed by atoms with Crippen molar-refractivity contribution in [2.24, 2.45) is 0 Å². The normalized spacial score (nSPS) is 6.44. The van der Waals surface area contributed by atoms with E-state index in [0.29, 0.717) is 0 Å². The molecule has 0 spiro atoms. The molecule has 0 atom stereocenters. The third-order valence-electron chi connectivity index (χ3n) is 0. The van der Waals surface area contributed by atoms with Crippen LogP contribution in [0.3, 0.4) is 0 Å². The Hall–Kier alpha value is 2.10. The molecule has 0 unspecified atom stereocenters. The van der Waals surface area contributed by atoms with Crippen LogP contribution in [0.4, 0.5) is 0 Å². The molecule has 0 aliphatic carbocycles. The Morgan fingerprint density at radius 2 is 1.11 bits per heavy atom. The molecule has 0 saturated heterocycles. The minimum atomic E-state index is -4.67. The van der Waals surface area contributed by atoms with E-state index in [4.69, 9.17) is 17.5 Å². The molecule has 0 aromatic heterocycles. The second-order valence-electron chi connectivity index (χ2n) is 0.448. The molecule has 0 aromatic rings. The van der Waals surface area contributed by atoms with E-state index in [1.54, 1.807) is 0 Å². The fourth-order valence-corrected chi connectivity index (χ4v) is 0. The predicted octanol–water partition coefficient (Wildman–Crippen LogP) is -0.663. The standard InChI is InChI=1S/Co.Mn.Ni.H2O4S.Ti/c;;;1-5(2,3)4;/h;;;(H2,1,2,3,4);. The summed E-state index contributed by atoms with van der Waals surface area (Å²) in [6.07, 6.45) is 0. The molecule has 0 aromatic carbocycles. The van der Waals surface area contributed by atoms with Crippen molar-refractivity contribution in [2.75, 3.05) is 0 Å². The van der Waals surface area contributed by atoms with Gasteiger partial charge in [0.1, 0.15) is 0 Å². The van der Waals surface area contributed by atoms with Crippen LogP contribution in [0.2, 0.25) is 0 Å². The Balaban J connectivity index is -0.0000000133. The first-order chi connectivity index (χ1) is 2.00. The van der Waals surface area contributed by atoms with Gasteiger partial charge in [-0.1, -0.05) is 0 Å². The molecular weight excluding hydrogens is 316 g/mol. The molecule has 4 nitrogen and oxygen atoms in total. The van der Waals surface area contributed by atoms with Crippen molar-refractivity contribution >= 4 is 10.4 Å². The molecule has 0 amide bonds. The molecule has 0 aliphatic heterocycles. The summed E-state index contributed by atoms with van der Waals surface area (Å²) in [7, 11) is -4.67. The van der Waals surface area contributed by atoms with E-state index in [0.717, 1.165) is 0 Å². The van der Waals surface area contributed by atoms with Crippen LogP contribution in [-0.2, 0) is 82.5 Å². The van der Waals surface area contributed by atoms with Crippen LogP contribution in [0.5, 0.6) is 0 Å². The van der Waals surface area contributed by atoms with Crippen molar-refractivity contribution in [3.8, 4) is 0 Å². The summed E-state index contributed by atoms with van der Waals surface area (Å²) in [5, 5.41) is 0. The maximum atomic E-state index is 8.74. The SMILES string of the molecule is O=S(=O)(O)O.[Co].[Mn].[Ni].[Ti]. The molecule has 0 rings (SSSR count). The first kappa shape index (κ1) is 30.4. The van der Waals surface area contributed by atoms with Crippen molar-refractivity contribution in [1.29, 1.82) is 0 Å². The van der Waals surface area contributed by atoms with Crippen LogP contribution in [0, 0.1) is 0 Å². The van der Waals surface area contributed by atoms with Crippen LogP contribution in [0.1, 0.15) is 0 Å². The van der Waals surface area contributed by atoms with Crippen LogP contribution in [0.15, 0.2) is 0 Å². The first-order valence-electron chi connectivity index (χ1n) is 0.698. The minimum Gasteiger partial charge on any atom is -0.264 e. The molecule has 0 aliphatic rings. The molecule has 2 N–H and O–H groups in total. The van der Waals surface area contributed by atoms with Crippen LogP contribution >= 0.6 is 0 Å². The zero-order valence-electron chi connectivity index (χ0n) is 3.65. The molecule has 9 heteroatoms. The number of hydrogen-bond donors (Lipinski definition) is 2.